The number of benzene rings is 1. The molecule has 3 saturated heterocycles. The summed E-state index contributed by atoms with van der Waals surface area (Å²) in [7, 11) is 2.14. The molecule has 0 unspecified atom stereocenters. The van der Waals surface area contributed by atoms with Crippen LogP contribution in [0.5, 0.6) is 0 Å². The van der Waals surface area contributed by atoms with Gasteiger partial charge in [-0.2, -0.15) is 0 Å². The van der Waals surface area contributed by atoms with Crippen LogP contribution in [0.3, 0.4) is 0 Å². The van der Waals surface area contributed by atoms with Crippen LogP contribution in [0.4, 0.5) is 5.13 Å². The molecule has 4 heterocycles. The van der Waals surface area contributed by atoms with Crippen LogP contribution in [0, 0.1) is 11.8 Å². The van der Waals surface area contributed by atoms with Gasteiger partial charge >= 0.3 is 0 Å². The number of thiazole rings is 1. The number of hydrogen-bond acceptors (Lipinski definition) is 8. The Hall–Kier alpha value is -2.82. The van der Waals surface area contributed by atoms with Crippen molar-refractivity contribution >= 4 is 34.1 Å². The predicted molar refractivity (Wildman–Crippen MR) is 155 cm³/mol. The third kappa shape index (κ3) is 5.41. The van der Waals surface area contributed by atoms with E-state index in [4.69, 9.17) is 9.72 Å². The quantitative estimate of drug-likeness (QED) is 0.575. The Kier molecular flexibility index (Phi) is 7.92. The number of nitrogens with one attached hydrogen (secondary N) is 1. The first-order valence-corrected chi connectivity index (χ1v) is 15.5. The summed E-state index contributed by atoms with van der Waals surface area (Å²) in [6.07, 6.45) is 4.81. The van der Waals surface area contributed by atoms with Crippen LogP contribution < -0.4 is 10.2 Å². The van der Waals surface area contributed by atoms with Gasteiger partial charge in [-0.05, 0) is 37.9 Å². The van der Waals surface area contributed by atoms with Gasteiger partial charge in [0, 0.05) is 55.1 Å². The fraction of sp³-hybridized carbons (Fsp3) is 0.600. The van der Waals surface area contributed by atoms with E-state index in [0.29, 0.717) is 12.1 Å². The summed E-state index contributed by atoms with van der Waals surface area (Å²) in [6, 6.07) is 6.30. The second kappa shape index (κ2) is 11.6. The van der Waals surface area contributed by atoms with Crippen LogP contribution in [0.15, 0.2) is 29.6 Å². The van der Waals surface area contributed by atoms with E-state index in [1.54, 1.807) is 16.2 Å². The lowest BCUT2D eigenvalue weighted by atomic mass is 9.83. The van der Waals surface area contributed by atoms with E-state index >= 15 is 0 Å². The Bertz CT molecular complexity index is 1230. The summed E-state index contributed by atoms with van der Waals surface area (Å²) in [5, 5.41) is 6.19. The average molecular weight is 566 g/mol. The van der Waals surface area contributed by atoms with Crippen molar-refractivity contribution < 1.29 is 19.1 Å². The summed E-state index contributed by atoms with van der Waals surface area (Å²) in [5.41, 5.74) is 2.38. The van der Waals surface area contributed by atoms with Crippen LogP contribution in [-0.2, 0) is 14.3 Å². The molecule has 10 heteroatoms. The summed E-state index contributed by atoms with van der Waals surface area (Å²) in [4.78, 5) is 51.2. The summed E-state index contributed by atoms with van der Waals surface area (Å²) in [6.45, 7) is 6.58. The van der Waals surface area contributed by atoms with Crippen LogP contribution in [0.1, 0.15) is 49.4 Å². The standard InChI is InChI=1S/C30H39N5O4S/c1-19-16-35(26-24(36)17-39-27(19)26)29(38)25(21-6-4-3-5-7-21)32-28(37)22-10-8-20(9-11-22)23-18-40-30(31-23)34-14-12-33(2)13-15-34/h8-11,18-19,21,25-27H,3-7,12-17H2,1-2H3,(H,32,37)/t19-,25-,26+,27+/m0/s1. The fourth-order valence-corrected chi connectivity index (χ4v) is 7.59. The third-order valence-electron chi connectivity index (χ3n) is 9.11. The van der Waals surface area contributed by atoms with Crippen molar-refractivity contribution in [3.63, 3.8) is 0 Å². The van der Waals surface area contributed by atoms with Gasteiger partial charge in [-0.1, -0.05) is 38.3 Å². The van der Waals surface area contributed by atoms with Crippen molar-refractivity contribution in [1.82, 2.24) is 20.1 Å². The molecule has 4 atom stereocenters. The molecule has 0 spiro atoms. The molecule has 1 saturated carbocycles. The zero-order valence-corrected chi connectivity index (χ0v) is 24.2. The smallest absolute Gasteiger partial charge is 0.251 e. The number of carbonyl (C=O) groups excluding carboxylic acids is 3. The third-order valence-corrected chi connectivity index (χ3v) is 10.0. The molecule has 214 valence electrons. The number of ketones is 1. The molecule has 6 rings (SSSR count). The Labute approximate surface area is 239 Å². The van der Waals surface area contributed by atoms with E-state index in [1.807, 2.05) is 31.2 Å². The summed E-state index contributed by atoms with van der Waals surface area (Å²) >= 11 is 1.65. The number of fused-ring (bicyclic) bond motifs is 1. The predicted octanol–water partition coefficient (Wildman–Crippen LogP) is 3.06. The van der Waals surface area contributed by atoms with E-state index in [9.17, 15) is 14.4 Å². The summed E-state index contributed by atoms with van der Waals surface area (Å²) in [5.74, 6) is -0.277. The molecule has 0 bridgehead atoms. The number of likely N-dealkylation sites (tertiary alicyclic amines) is 1. The van der Waals surface area contributed by atoms with Crippen molar-refractivity contribution in [2.45, 2.75) is 57.2 Å². The number of anilines is 1. The number of Topliss-reactive ketones (excluding diaryl/α,β-unsaturated/α-hetero) is 1. The first-order valence-electron chi connectivity index (χ1n) is 14.6. The molecule has 9 nitrogen and oxygen atoms in total. The van der Waals surface area contributed by atoms with E-state index in [-0.39, 0.29) is 42.1 Å². The number of nitrogens with zero attached hydrogens (tertiary/aromatic N) is 4. The van der Waals surface area contributed by atoms with Crippen molar-refractivity contribution in [3.05, 3.63) is 35.2 Å². The minimum atomic E-state index is -0.642. The SMILES string of the molecule is C[C@H]1CN(C(=O)[C@@H](NC(=O)c2ccc(-c3csc(N4CCN(C)CC4)n3)cc2)C2CCCCC2)[C@@H]2C(=O)CO[C@@H]21. The maximum atomic E-state index is 13.9. The van der Waals surface area contributed by atoms with Gasteiger partial charge in [0.25, 0.3) is 5.91 Å². The first kappa shape index (κ1) is 27.4. The highest BCUT2D eigenvalue weighted by Crippen LogP contribution is 2.35. The van der Waals surface area contributed by atoms with Gasteiger partial charge in [0.2, 0.25) is 5.91 Å². The zero-order chi connectivity index (χ0) is 27.8. The molecular weight excluding hydrogens is 526 g/mol. The molecule has 1 aromatic heterocycles. The zero-order valence-electron chi connectivity index (χ0n) is 23.4. The average Bonchev–Trinajstić information content (AvgIpc) is 3.70. The van der Waals surface area contributed by atoms with Crippen molar-refractivity contribution in [3.8, 4) is 11.3 Å². The van der Waals surface area contributed by atoms with Crippen LogP contribution in [-0.4, -0.2) is 96.9 Å². The molecule has 0 radical (unpaired) electrons. The second-order valence-corrected chi connectivity index (χ2v) is 12.7. The van der Waals surface area contributed by atoms with Gasteiger partial charge < -0.3 is 24.8 Å². The van der Waals surface area contributed by atoms with Gasteiger partial charge in [0.05, 0.1) is 11.8 Å². The fourth-order valence-electron chi connectivity index (χ4n) is 6.70. The molecular formula is C30H39N5O4S. The van der Waals surface area contributed by atoms with Gasteiger partial charge in [-0.3, -0.25) is 14.4 Å². The number of rotatable bonds is 6. The highest BCUT2D eigenvalue weighted by atomic mass is 32.1. The second-order valence-electron chi connectivity index (χ2n) is 11.9. The molecule has 2 amide bonds. The minimum Gasteiger partial charge on any atom is -0.367 e. The maximum absolute atomic E-state index is 13.9. The van der Waals surface area contributed by atoms with E-state index in [2.05, 4.69) is 27.5 Å². The Morgan fingerprint density at radius 1 is 1.07 bits per heavy atom. The Balaban J connectivity index is 1.16. The lowest BCUT2D eigenvalue weighted by molar-refractivity contribution is -0.139. The molecule has 4 fully saturated rings. The Morgan fingerprint density at radius 2 is 1.80 bits per heavy atom. The normalized spacial score (nSPS) is 26.6. The van der Waals surface area contributed by atoms with Gasteiger partial charge in [-0.15, -0.1) is 11.3 Å². The number of aromatic nitrogens is 1. The number of carbonyl (C=O) groups is 3. The van der Waals surface area contributed by atoms with E-state index in [1.165, 1.54) is 0 Å². The first-order chi connectivity index (χ1) is 19.4. The topological polar surface area (TPSA) is 95.1 Å². The van der Waals surface area contributed by atoms with E-state index in [0.717, 1.165) is 74.7 Å². The van der Waals surface area contributed by atoms with Gasteiger partial charge in [-0.25, -0.2) is 4.98 Å². The summed E-state index contributed by atoms with van der Waals surface area (Å²) < 4.78 is 5.71. The molecule has 40 heavy (non-hydrogen) atoms. The van der Waals surface area contributed by atoms with Gasteiger partial charge in [0.15, 0.2) is 10.9 Å². The highest BCUT2D eigenvalue weighted by molar-refractivity contribution is 7.14. The molecule has 2 aromatic rings. The lowest BCUT2D eigenvalue weighted by Crippen LogP contribution is -2.55. The molecule has 4 aliphatic rings. The number of piperazine rings is 1. The maximum Gasteiger partial charge on any atom is 0.251 e. The van der Waals surface area contributed by atoms with Crippen molar-refractivity contribution in [2.24, 2.45) is 11.8 Å². The lowest BCUT2D eigenvalue weighted by Gasteiger charge is -2.34. The number of ether oxygens (including phenoxy) is 1. The molecule has 1 aliphatic carbocycles. The molecule has 1 N–H and O–H groups in total. The monoisotopic (exact) mass is 565 g/mol. The van der Waals surface area contributed by atoms with Gasteiger partial charge in [0.1, 0.15) is 18.7 Å². The highest BCUT2D eigenvalue weighted by Gasteiger charge is 2.52. The van der Waals surface area contributed by atoms with Crippen LogP contribution in [0.25, 0.3) is 11.3 Å². The molecule has 3 aliphatic heterocycles. The van der Waals surface area contributed by atoms with Crippen molar-refractivity contribution in [2.75, 3.05) is 51.3 Å². The van der Waals surface area contributed by atoms with Crippen LogP contribution >= 0.6 is 11.3 Å². The van der Waals surface area contributed by atoms with E-state index < -0.39 is 12.1 Å². The van der Waals surface area contributed by atoms with Crippen molar-refractivity contribution in [1.29, 1.82) is 0 Å². The Morgan fingerprint density at radius 3 is 2.52 bits per heavy atom. The molecule has 1 aromatic carbocycles. The minimum absolute atomic E-state index is 0.0372. The number of hydrogen-bond donors (Lipinski definition) is 1. The largest absolute Gasteiger partial charge is 0.367 e. The number of amides is 2. The number of likely N-dealkylation sites (N-methyl/N-ethyl adjacent to an activating group) is 1. The van der Waals surface area contributed by atoms with Crippen LogP contribution in [0.2, 0.25) is 0 Å².